The van der Waals surface area contributed by atoms with Gasteiger partial charge in [0.15, 0.2) is 19.7 Å². The lowest BCUT2D eigenvalue weighted by Gasteiger charge is -2.36. The molecule has 0 spiro atoms. The molecule has 2 atom stereocenters. The molecule has 2 aromatic heterocycles. The molecular weight excluding hydrogens is 1050 g/mol. The Balaban J connectivity index is 0.000000232. The second kappa shape index (κ2) is 23.8. The molecule has 8 rings (SSSR count). The highest BCUT2D eigenvalue weighted by Gasteiger charge is 2.46. The van der Waals surface area contributed by atoms with E-state index in [-0.39, 0.29) is 42.9 Å². The van der Waals surface area contributed by atoms with Crippen molar-refractivity contribution < 1.29 is 64.5 Å². The van der Waals surface area contributed by atoms with Crippen LogP contribution in [0.3, 0.4) is 0 Å². The van der Waals surface area contributed by atoms with E-state index in [0.29, 0.717) is 54.1 Å². The van der Waals surface area contributed by atoms with E-state index in [1.165, 1.54) is 47.8 Å². The van der Waals surface area contributed by atoms with Gasteiger partial charge in [-0.25, -0.2) is 19.0 Å². The third kappa shape index (κ3) is 13.7. The van der Waals surface area contributed by atoms with Gasteiger partial charge in [0.1, 0.15) is 22.8 Å². The third-order valence-corrected chi connectivity index (χ3v) is 18.8. The van der Waals surface area contributed by atoms with Crippen molar-refractivity contribution >= 4 is 43.7 Å². The van der Waals surface area contributed by atoms with E-state index >= 15 is 0 Å². The van der Waals surface area contributed by atoms with Crippen molar-refractivity contribution in [1.82, 2.24) is 30.2 Å². The molecule has 0 radical (unpaired) electrons. The lowest BCUT2D eigenvalue weighted by molar-refractivity contribution is -0.142. The molecule has 23 heteroatoms. The second-order valence-corrected chi connectivity index (χ2v) is 25.7. The monoisotopic (exact) mass is 1120 g/mol. The average Bonchev–Trinajstić information content (AvgIpc) is 4.35. The summed E-state index contributed by atoms with van der Waals surface area (Å²) in [6.07, 6.45) is -9.64. The first-order valence-corrected chi connectivity index (χ1v) is 28.3. The summed E-state index contributed by atoms with van der Waals surface area (Å²) in [6.45, 7) is 16.3. The number of rotatable bonds is 16. The minimum absolute atomic E-state index is 0.0652. The maximum atomic E-state index is 14.1. The van der Waals surface area contributed by atoms with Crippen LogP contribution in [0.25, 0.3) is 0 Å². The first-order chi connectivity index (χ1) is 37.1. The second-order valence-electron chi connectivity index (χ2n) is 20.8. The van der Waals surface area contributed by atoms with Gasteiger partial charge in [0.25, 0.3) is 11.8 Å². The number of carbonyl (C=O) groups excluding carboxylic acids is 4. The number of hydrogen-bond donors (Lipinski definition) is 3. The molecule has 2 amide bonds. The highest BCUT2D eigenvalue weighted by Crippen LogP contribution is 2.41. The Labute approximate surface area is 454 Å². The zero-order chi connectivity index (χ0) is 57.8. The number of benzene rings is 4. The number of hydrogen-bond acceptors (Lipinski definition) is 12. The molecule has 0 aliphatic carbocycles. The van der Waals surface area contributed by atoms with E-state index in [0.717, 1.165) is 16.7 Å². The zero-order valence-corrected chi connectivity index (χ0v) is 46.3. The lowest BCUT2D eigenvalue weighted by atomic mass is 10.1. The van der Waals surface area contributed by atoms with Crippen LogP contribution in [0.5, 0.6) is 0 Å². The summed E-state index contributed by atoms with van der Waals surface area (Å²) in [5, 5.41) is 22.3. The van der Waals surface area contributed by atoms with Crippen molar-refractivity contribution in [2.45, 2.75) is 117 Å². The summed E-state index contributed by atoms with van der Waals surface area (Å²) < 4.78 is 102. The Hall–Kier alpha value is -7.50. The van der Waals surface area contributed by atoms with Gasteiger partial charge in [-0.3, -0.25) is 9.59 Å². The summed E-state index contributed by atoms with van der Waals surface area (Å²) >= 11 is 0. The topological polar surface area (TPSA) is 182 Å². The summed E-state index contributed by atoms with van der Waals surface area (Å²) in [4.78, 5) is 53.5. The quantitative estimate of drug-likeness (QED) is 0.0475. The van der Waals surface area contributed by atoms with Crippen LogP contribution >= 0.6 is 0 Å². The highest BCUT2D eigenvalue weighted by atomic mass is 28.4. The van der Waals surface area contributed by atoms with Gasteiger partial charge >= 0.3 is 24.3 Å². The fourth-order valence-electron chi connectivity index (χ4n) is 8.95. The van der Waals surface area contributed by atoms with Gasteiger partial charge in [0, 0.05) is 26.2 Å². The highest BCUT2D eigenvalue weighted by molar-refractivity contribution is 6.74. The first-order valence-electron chi connectivity index (χ1n) is 25.4. The number of aliphatic hydroxyl groups excluding tert-OH is 1. The number of carbonyl (C=O) groups is 4. The first kappa shape index (κ1) is 59.2. The van der Waals surface area contributed by atoms with Gasteiger partial charge in [-0.15, -0.1) is 0 Å². The van der Waals surface area contributed by atoms with Crippen LogP contribution in [0, 0.1) is 0 Å². The normalized spacial score (nSPS) is 14.2. The standard InChI is InChI=1S/C31H39F3N4O4Si.C25H25F3N4O4/c1-20(23-11-13-24(14-12-23)29(40)41-5)35-27(39)25-26(31(32,33)34)36-38-16-15-37(28(25)38)18-21-9-8-10-22(17-21)19-42-43(6,7)30(2,3)4;1-15(18-6-8-19(9-7-18)24(35)36-2)29-22(34)20-21(25(26,27)28)30-32-11-10-31(23(20)32)13-16-4-3-5-17(12-16)14-33/h8-14,17,20H,15-16,18-19H2,1-7H3,(H,35,39);3-9,12,15,33H,10-11,13-14H2,1-2H3,(H,29,34)/t20-;15-/m00/s1. The number of aliphatic hydroxyl groups is 1. The number of aromatic nitrogens is 4. The Bertz CT molecular complexity index is 3170. The van der Waals surface area contributed by atoms with Gasteiger partial charge in [0.05, 0.1) is 63.7 Å². The summed E-state index contributed by atoms with van der Waals surface area (Å²) in [5.41, 5.74) is 1.72. The molecule has 16 nitrogen and oxygen atoms in total. The Kier molecular flexibility index (Phi) is 17.9. The van der Waals surface area contributed by atoms with Crippen molar-refractivity contribution in [2.24, 2.45) is 0 Å². The molecule has 0 bridgehead atoms. The summed E-state index contributed by atoms with van der Waals surface area (Å²) in [7, 11) is 0.563. The van der Waals surface area contributed by atoms with Crippen LogP contribution in [0.15, 0.2) is 97.1 Å². The minimum Gasteiger partial charge on any atom is -0.465 e. The molecule has 0 saturated carbocycles. The van der Waals surface area contributed by atoms with Crippen molar-refractivity contribution in [3.63, 3.8) is 0 Å². The molecule has 3 N–H and O–H groups in total. The summed E-state index contributed by atoms with van der Waals surface area (Å²) in [5.74, 6) is -2.57. The van der Waals surface area contributed by atoms with Crippen LogP contribution in [0.2, 0.25) is 18.1 Å². The van der Waals surface area contributed by atoms with E-state index in [1.54, 1.807) is 66.1 Å². The van der Waals surface area contributed by atoms with E-state index in [1.807, 2.05) is 30.3 Å². The van der Waals surface area contributed by atoms with E-state index in [4.69, 9.17) is 9.16 Å². The zero-order valence-electron chi connectivity index (χ0n) is 45.3. The number of nitrogens with zero attached hydrogens (tertiary/aromatic N) is 6. The van der Waals surface area contributed by atoms with E-state index < -0.39 is 79.0 Å². The molecule has 6 aromatic rings. The number of amides is 2. The molecular formula is C56H64F6N8O8Si. The molecule has 4 aromatic carbocycles. The van der Waals surface area contributed by atoms with Crippen molar-refractivity contribution in [2.75, 3.05) is 37.1 Å². The SMILES string of the molecule is COC(=O)c1ccc([C@H](C)NC(=O)c2c(C(F)(F)F)nn3c2N(Cc2cccc(CO)c2)CC3)cc1.COC(=O)c1ccc([C@H](C)NC(=O)c2c(C(F)(F)F)nn3c2N(Cc2cccc(CO[Si](C)(C)C(C)(C)C)c2)CC3)cc1. The average molecular weight is 1120 g/mol. The Morgan fingerprint density at radius 1 is 0.608 bits per heavy atom. The summed E-state index contributed by atoms with van der Waals surface area (Å²) in [6, 6.07) is 26.2. The Morgan fingerprint density at radius 2 is 0.987 bits per heavy atom. The predicted molar refractivity (Wildman–Crippen MR) is 285 cm³/mol. The van der Waals surface area contributed by atoms with Gasteiger partial charge in [-0.05, 0) is 89.6 Å². The smallest absolute Gasteiger partial charge is 0.436 e. The van der Waals surface area contributed by atoms with Crippen LogP contribution < -0.4 is 20.4 Å². The van der Waals surface area contributed by atoms with Crippen LogP contribution in [-0.4, -0.2) is 84.0 Å². The number of alkyl halides is 6. The minimum atomic E-state index is -4.82. The molecule has 0 saturated heterocycles. The van der Waals surface area contributed by atoms with E-state index in [2.05, 4.69) is 59.4 Å². The molecule has 79 heavy (non-hydrogen) atoms. The fourth-order valence-corrected chi connectivity index (χ4v) is 9.91. The van der Waals surface area contributed by atoms with Gasteiger partial charge in [-0.2, -0.15) is 36.5 Å². The molecule has 4 heterocycles. The van der Waals surface area contributed by atoms with Crippen LogP contribution in [0.1, 0.15) is 133 Å². The molecule has 2 aliphatic rings. The largest absolute Gasteiger partial charge is 0.465 e. The van der Waals surface area contributed by atoms with Gasteiger partial charge < -0.3 is 39.4 Å². The molecule has 0 fully saturated rings. The number of ether oxygens (including phenoxy) is 2. The molecule has 2 aliphatic heterocycles. The maximum Gasteiger partial charge on any atom is 0.436 e. The van der Waals surface area contributed by atoms with Crippen LogP contribution in [-0.2, 0) is 65.6 Å². The number of fused-ring (bicyclic) bond motifs is 2. The van der Waals surface area contributed by atoms with E-state index in [9.17, 15) is 50.6 Å². The van der Waals surface area contributed by atoms with Crippen molar-refractivity contribution in [3.8, 4) is 0 Å². The van der Waals surface area contributed by atoms with Crippen molar-refractivity contribution in [3.05, 3.63) is 164 Å². The Morgan fingerprint density at radius 3 is 1.35 bits per heavy atom. The van der Waals surface area contributed by atoms with Crippen LogP contribution in [0.4, 0.5) is 38.0 Å². The van der Waals surface area contributed by atoms with Crippen molar-refractivity contribution in [1.29, 1.82) is 0 Å². The van der Waals surface area contributed by atoms with Gasteiger partial charge in [-0.1, -0.05) is 93.6 Å². The number of halogens is 6. The fraction of sp³-hybridized carbons (Fsp3) is 0.393. The molecule has 422 valence electrons. The molecule has 0 unspecified atom stereocenters. The maximum absolute atomic E-state index is 14.1. The number of nitrogens with one attached hydrogen (secondary N) is 2. The lowest BCUT2D eigenvalue weighted by Crippen LogP contribution is -2.40. The number of anilines is 2. The third-order valence-electron chi connectivity index (χ3n) is 14.3. The predicted octanol–water partition coefficient (Wildman–Crippen LogP) is 10.4. The number of esters is 2. The number of methoxy groups -OCH3 is 2. The van der Waals surface area contributed by atoms with Gasteiger partial charge in [0.2, 0.25) is 0 Å².